The second-order valence-electron chi connectivity index (χ2n) is 3.32. The molecule has 78 valence electrons. The Kier molecular flexibility index (Phi) is 3.60. The molecule has 0 amide bonds. The quantitative estimate of drug-likeness (QED) is 0.779. The lowest BCUT2D eigenvalue weighted by Crippen LogP contribution is -2.48. The number of nitrogens with zero attached hydrogens (tertiary/aromatic N) is 1. The van der Waals surface area contributed by atoms with Crippen molar-refractivity contribution in [2.24, 2.45) is 0 Å². The molecule has 0 spiro atoms. The maximum Gasteiger partial charge on any atom is 0.323 e. The van der Waals surface area contributed by atoms with Crippen LogP contribution < -0.4 is 5.32 Å². The molecule has 14 heavy (non-hydrogen) atoms. The second kappa shape index (κ2) is 4.52. The van der Waals surface area contributed by atoms with E-state index < -0.39 is 11.5 Å². The van der Waals surface area contributed by atoms with Crippen LogP contribution >= 0.6 is 11.3 Å². The summed E-state index contributed by atoms with van der Waals surface area (Å²) in [5, 5.41) is 13.9. The number of carboxylic acids is 1. The highest BCUT2D eigenvalue weighted by molar-refractivity contribution is 7.07. The summed E-state index contributed by atoms with van der Waals surface area (Å²) in [6.07, 6.45) is 0.548. The molecule has 0 aliphatic rings. The van der Waals surface area contributed by atoms with Crippen molar-refractivity contribution in [3.63, 3.8) is 0 Å². The Morgan fingerprint density at radius 3 is 2.93 bits per heavy atom. The second-order valence-corrected chi connectivity index (χ2v) is 4.04. The summed E-state index contributed by atoms with van der Waals surface area (Å²) in [4.78, 5) is 15.0. The summed E-state index contributed by atoms with van der Waals surface area (Å²) in [7, 11) is 0. The van der Waals surface area contributed by atoms with Gasteiger partial charge >= 0.3 is 5.97 Å². The van der Waals surface area contributed by atoms with Gasteiger partial charge in [0.1, 0.15) is 5.54 Å². The highest BCUT2D eigenvalue weighted by Gasteiger charge is 2.30. The minimum Gasteiger partial charge on any atom is -0.480 e. The minimum absolute atomic E-state index is 0.500. The lowest BCUT2D eigenvalue weighted by Gasteiger charge is -2.24. The van der Waals surface area contributed by atoms with Gasteiger partial charge in [0.15, 0.2) is 0 Å². The van der Waals surface area contributed by atoms with Crippen molar-refractivity contribution in [1.82, 2.24) is 10.3 Å². The predicted octanol–water partition coefficient (Wildman–Crippen LogP) is 1.49. The number of rotatable bonds is 5. The van der Waals surface area contributed by atoms with Crippen LogP contribution in [-0.2, 0) is 11.3 Å². The molecular formula is C9H14N2O2S. The summed E-state index contributed by atoms with van der Waals surface area (Å²) in [6, 6.07) is 0. The van der Waals surface area contributed by atoms with Crippen molar-refractivity contribution in [2.75, 3.05) is 0 Å². The van der Waals surface area contributed by atoms with E-state index in [0.717, 1.165) is 5.69 Å². The molecule has 0 fully saturated rings. The van der Waals surface area contributed by atoms with Gasteiger partial charge in [-0.1, -0.05) is 6.92 Å². The number of thiazole rings is 1. The first-order valence-corrected chi connectivity index (χ1v) is 5.38. The van der Waals surface area contributed by atoms with E-state index in [-0.39, 0.29) is 0 Å². The van der Waals surface area contributed by atoms with Crippen LogP contribution in [0.1, 0.15) is 26.0 Å². The van der Waals surface area contributed by atoms with Gasteiger partial charge in [0.25, 0.3) is 0 Å². The van der Waals surface area contributed by atoms with Gasteiger partial charge in [0.2, 0.25) is 0 Å². The molecule has 1 atom stereocenters. The van der Waals surface area contributed by atoms with Crippen LogP contribution in [-0.4, -0.2) is 21.6 Å². The van der Waals surface area contributed by atoms with Crippen molar-refractivity contribution in [3.8, 4) is 0 Å². The molecule has 0 aromatic carbocycles. The molecule has 0 radical (unpaired) electrons. The normalized spacial score (nSPS) is 15.0. The zero-order valence-electron chi connectivity index (χ0n) is 8.28. The molecule has 0 aliphatic heterocycles. The van der Waals surface area contributed by atoms with E-state index in [1.807, 2.05) is 12.3 Å². The zero-order valence-corrected chi connectivity index (χ0v) is 9.10. The number of hydrogen-bond donors (Lipinski definition) is 2. The van der Waals surface area contributed by atoms with Crippen molar-refractivity contribution in [1.29, 1.82) is 0 Å². The van der Waals surface area contributed by atoms with Gasteiger partial charge in [-0.2, -0.15) is 0 Å². The molecule has 0 saturated heterocycles. The topological polar surface area (TPSA) is 62.2 Å². The minimum atomic E-state index is -0.858. The molecule has 2 N–H and O–H groups in total. The molecule has 1 heterocycles. The number of nitrogens with one attached hydrogen (secondary N) is 1. The SMILES string of the molecule is CCC(C)(NCc1cscn1)C(=O)O. The van der Waals surface area contributed by atoms with E-state index in [1.54, 1.807) is 12.4 Å². The molecule has 0 saturated carbocycles. The third-order valence-corrected chi connectivity index (χ3v) is 2.96. The number of carboxylic acid groups (broad SMARTS) is 1. The maximum atomic E-state index is 10.9. The highest BCUT2D eigenvalue weighted by Crippen LogP contribution is 2.11. The van der Waals surface area contributed by atoms with Crippen LogP contribution in [0.25, 0.3) is 0 Å². The molecule has 0 bridgehead atoms. The lowest BCUT2D eigenvalue weighted by atomic mass is 9.99. The van der Waals surface area contributed by atoms with Gasteiger partial charge in [-0.05, 0) is 13.3 Å². The van der Waals surface area contributed by atoms with E-state index in [9.17, 15) is 4.79 Å². The molecule has 1 aromatic rings. The van der Waals surface area contributed by atoms with E-state index in [4.69, 9.17) is 5.11 Å². The molecule has 0 aliphatic carbocycles. The zero-order chi connectivity index (χ0) is 10.6. The number of hydrogen-bond acceptors (Lipinski definition) is 4. The first kappa shape index (κ1) is 11.1. The van der Waals surface area contributed by atoms with E-state index >= 15 is 0 Å². The molecular weight excluding hydrogens is 200 g/mol. The Hall–Kier alpha value is -0.940. The average Bonchev–Trinajstić information content (AvgIpc) is 2.66. The van der Waals surface area contributed by atoms with E-state index in [1.165, 1.54) is 11.3 Å². The summed E-state index contributed by atoms with van der Waals surface area (Å²) < 4.78 is 0. The van der Waals surface area contributed by atoms with E-state index in [2.05, 4.69) is 10.3 Å². The Balaban J connectivity index is 2.54. The highest BCUT2D eigenvalue weighted by atomic mass is 32.1. The summed E-state index contributed by atoms with van der Waals surface area (Å²) in [6.45, 7) is 4.03. The van der Waals surface area contributed by atoms with Gasteiger partial charge in [-0.3, -0.25) is 10.1 Å². The Bertz CT molecular complexity index is 300. The van der Waals surface area contributed by atoms with E-state index in [0.29, 0.717) is 13.0 Å². The molecule has 1 rings (SSSR count). The third-order valence-electron chi connectivity index (χ3n) is 2.32. The Morgan fingerprint density at radius 2 is 2.50 bits per heavy atom. The number of aromatic nitrogens is 1. The van der Waals surface area contributed by atoms with Gasteiger partial charge in [0.05, 0.1) is 11.2 Å². The maximum absolute atomic E-state index is 10.9. The summed E-state index contributed by atoms with van der Waals surface area (Å²) in [5.74, 6) is -0.824. The Labute approximate surface area is 87.0 Å². The Morgan fingerprint density at radius 1 is 1.79 bits per heavy atom. The summed E-state index contributed by atoms with van der Waals surface area (Å²) >= 11 is 1.51. The molecule has 1 unspecified atom stereocenters. The van der Waals surface area contributed by atoms with Crippen molar-refractivity contribution < 1.29 is 9.90 Å². The van der Waals surface area contributed by atoms with Crippen LogP contribution in [0.5, 0.6) is 0 Å². The first-order valence-electron chi connectivity index (χ1n) is 4.44. The van der Waals surface area contributed by atoms with Gasteiger partial charge in [0, 0.05) is 11.9 Å². The molecule has 1 aromatic heterocycles. The predicted molar refractivity (Wildman–Crippen MR) is 55.3 cm³/mol. The number of aliphatic carboxylic acids is 1. The fraction of sp³-hybridized carbons (Fsp3) is 0.556. The first-order chi connectivity index (χ1) is 6.58. The lowest BCUT2D eigenvalue weighted by molar-refractivity contribution is -0.144. The van der Waals surface area contributed by atoms with Crippen LogP contribution in [0.2, 0.25) is 0 Å². The average molecular weight is 214 g/mol. The van der Waals surface area contributed by atoms with Gasteiger partial charge < -0.3 is 5.11 Å². The fourth-order valence-electron chi connectivity index (χ4n) is 0.962. The van der Waals surface area contributed by atoms with Crippen molar-refractivity contribution in [3.05, 3.63) is 16.6 Å². The van der Waals surface area contributed by atoms with Crippen LogP contribution in [0, 0.1) is 0 Å². The molecule has 5 heteroatoms. The van der Waals surface area contributed by atoms with Crippen molar-refractivity contribution >= 4 is 17.3 Å². The third kappa shape index (κ3) is 2.52. The van der Waals surface area contributed by atoms with Crippen LogP contribution in [0.4, 0.5) is 0 Å². The fourth-order valence-corrected chi connectivity index (χ4v) is 1.52. The monoisotopic (exact) mass is 214 g/mol. The smallest absolute Gasteiger partial charge is 0.323 e. The summed E-state index contributed by atoms with van der Waals surface area (Å²) in [5.41, 5.74) is 1.76. The standard InChI is InChI=1S/C9H14N2O2S/c1-3-9(2,8(12)13)11-4-7-5-14-6-10-7/h5-6,11H,3-4H2,1-2H3,(H,12,13). The van der Waals surface area contributed by atoms with Crippen LogP contribution in [0.3, 0.4) is 0 Å². The molecule has 4 nitrogen and oxygen atoms in total. The largest absolute Gasteiger partial charge is 0.480 e. The van der Waals surface area contributed by atoms with Gasteiger partial charge in [-0.25, -0.2) is 4.98 Å². The van der Waals surface area contributed by atoms with Crippen LogP contribution in [0.15, 0.2) is 10.9 Å². The van der Waals surface area contributed by atoms with Crippen molar-refractivity contribution in [2.45, 2.75) is 32.4 Å². The number of carbonyl (C=O) groups is 1. The van der Waals surface area contributed by atoms with Gasteiger partial charge in [-0.15, -0.1) is 11.3 Å².